The minimum atomic E-state index is 0.114. The van der Waals surface area contributed by atoms with Crippen LogP contribution in [0.1, 0.15) is 18.5 Å². The minimum Gasteiger partial charge on any atom is -0.378 e. The molecule has 2 aromatic rings. The third kappa shape index (κ3) is 3.79. The summed E-state index contributed by atoms with van der Waals surface area (Å²) >= 11 is 21.3. The maximum absolute atomic E-state index is 6.02. The summed E-state index contributed by atoms with van der Waals surface area (Å²) in [5.74, 6) is 0. The number of benzene rings is 2. The summed E-state index contributed by atoms with van der Waals surface area (Å²) in [5.41, 5.74) is 2.05. The third-order valence-corrected chi connectivity index (χ3v) is 4.70. The molecule has 0 aliphatic rings. The van der Waals surface area contributed by atoms with Crippen molar-refractivity contribution in [3.05, 3.63) is 61.5 Å². The van der Waals surface area contributed by atoms with Gasteiger partial charge in [0.2, 0.25) is 0 Å². The second-order valence-corrected chi connectivity index (χ2v) is 6.24. The average Bonchev–Trinajstić information content (AvgIpc) is 2.37. The zero-order chi connectivity index (χ0) is 14.0. The molecule has 0 amide bonds. The summed E-state index contributed by atoms with van der Waals surface area (Å²) in [6, 6.07) is 11.5. The number of hydrogen-bond donors (Lipinski definition) is 1. The van der Waals surface area contributed by atoms with Gasteiger partial charge >= 0.3 is 0 Å². The van der Waals surface area contributed by atoms with Gasteiger partial charge in [-0.2, -0.15) is 0 Å². The van der Waals surface area contributed by atoms with E-state index in [9.17, 15) is 0 Å². The van der Waals surface area contributed by atoms with Crippen LogP contribution in [-0.4, -0.2) is 0 Å². The van der Waals surface area contributed by atoms with Gasteiger partial charge in [-0.1, -0.05) is 40.9 Å². The first-order valence-electron chi connectivity index (χ1n) is 5.64. The minimum absolute atomic E-state index is 0.114. The zero-order valence-corrected chi connectivity index (χ0v) is 13.9. The monoisotopic (exact) mass is 377 g/mol. The van der Waals surface area contributed by atoms with E-state index in [0.717, 1.165) is 15.7 Å². The molecule has 1 N–H and O–H groups in total. The highest BCUT2D eigenvalue weighted by Gasteiger charge is 2.08. The summed E-state index contributed by atoms with van der Waals surface area (Å²) in [5, 5.41) is 5.19. The quantitative estimate of drug-likeness (QED) is 0.635. The standard InChI is InChI=1S/C14H11BrCl3N/c1-8(9-2-4-13(17)14(18)6-9)19-10-3-5-12(16)11(15)7-10/h2-8,19H,1H3. The first kappa shape index (κ1) is 15.0. The van der Waals surface area contributed by atoms with E-state index >= 15 is 0 Å². The zero-order valence-electron chi connectivity index (χ0n) is 10.1. The van der Waals surface area contributed by atoms with Gasteiger partial charge in [0.1, 0.15) is 0 Å². The van der Waals surface area contributed by atoms with Gasteiger partial charge in [0.15, 0.2) is 0 Å². The van der Waals surface area contributed by atoms with Crippen molar-refractivity contribution in [3.63, 3.8) is 0 Å². The number of rotatable bonds is 3. The molecule has 0 aliphatic carbocycles. The van der Waals surface area contributed by atoms with E-state index < -0.39 is 0 Å². The lowest BCUT2D eigenvalue weighted by molar-refractivity contribution is 0.885. The molecule has 2 rings (SSSR count). The number of nitrogens with one attached hydrogen (secondary N) is 1. The van der Waals surface area contributed by atoms with Crippen molar-refractivity contribution in [3.8, 4) is 0 Å². The molecule has 0 spiro atoms. The van der Waals surface area contributed by atoms with Crippen LogP contribution >= 0.6 is 50.7 Å². The summed E-state index contributed by atoms with van der Waals surface area (Å²) in [6.45, 7) is 2.06. The number of anilines is 1. The van der Waals surface area contributed by atoms with Gasteiger partial charge in [-0.15, -0.1) is 0 Å². The number of hydrogen-bond acceptors (Lipinski definition) is 1. The highest BCUT2D eigenvalue weighted by Crippen LogP contribution is 2.30. The van der Waals surface area contributed by atoms with Crippen LogP contribution in [-0.2, 0) is 0 Å². The fraction of sp³-hybridized carbons (Fsp3) is 0.143. The molecule has 1 nitrogen and oxygen atoms in total. The predicted octanol–water partition coefficient (Wildman–Crippen LogP) is 6.58. The van der Waals surface area contributed by atoms with Crippen LogP contribution < -0.4 is 5.32 Å². The van der Waals surface area contributed by atoms with Gasteiger partial charge in [-0.05, 0) is 58.7 Å². The van der Waals surface area contributed by atoms with Crippen LogP contribution in [0.15, 0.2) is 40.9 Å². The summed E-state index contributed by atoms with van der Waals surface area (Å²) < 4.78 is 0.862. The Bertz CT molecular complexity index is 601. The largest absolute Gasteiger partial charge is 0.378 e. The second kappa shape index (κ2) is 6.36. The molecule has 2 aromatic carbocycles. The molecule has 0 aliphatic heterocycles. The van der Waals surface area contributed by atoms with Crippen molar-refractivity contribution in [1.29, 1.82) is 0 Å². The maximum atomic E-state index is 6.02. The van der Waals surface area contributed by atoms with E-state index in [0.29, 0.717) is 15.1 Å². The number of halogens is 4. The molecule has 100 valence electrons. The topological polar surface area (TPSA) is 12.0 Å². The van der Waals surface area contributed by atoms with Gasteiger partial charge in [0.25, 0.3) is 0 Å². The smallest absolute Gasteiger partial charge is 0.0595 e. The predicted molar refractivity (Wildman–Crippen MR) is 87.7 cm³/mol. The average molecular weight is 380 g/mol. The van der Waals surface area contributed by atoms with E-state index in [-0.39, 0.29) is 6.04 Å². The first-order valence-corrected chi connectivity index (χ1v) is 7.56. The molecule has 19 heavy (non-hydrogen) atoms. The van der Waals surface area contributed by atoms with E-state index in [1.165, 1.54) is 0 Å². The molecule has 0 aromatic heterocycles. The fourth-order valence-corrected chi connectivity index (χ4v) is 2.50. The molecule has 0 bridgehead atoms. The third-order valence-electron chi connectivity index (χ3n) is 2.75. The van der Waals surface area contributed by atoms with Crippen molar-refractivity contribution >= 4 is 56.4 Å². The van der Waals surface area contributed by atoms with E-state index in [1.54, 1.807) is 6.07 Å². The molecule has 0 fully saturated rings. The van der Waals surface area contributed by atoms with Gasteiger partial charge in [0.05, 0.1) is 15.1 Å². The van der Waals surface area contributed by atoms with Crippen molar-refractivity contribution in [2.24, 2.45) is 0 Å². The van der Waals surface area contributed by atoms with Crippen molar-refractivity contribution in [2.75, 3.05) is 5.32 Å². The second-order valence-electron chi connectivity index (χ2n) is 4.17. The van der Waals surface area contributed by atoms with Gasteiger partial charge < -0.3 is 5.32 Å². The highest BCUT2D eigenvalue weighted by molar-refractivity contribution is 9.10. The van der Waals surface area contributed by atoms with Gasteiger partial charge in [-0.3, -0.25) is 0 Å². The maximum Gasteiger partial charge on any atom is 0.0595 e. The van der Waals surface area contributed by atoms with E-state index in [2.05, 4.69) is 28.2 Å². The Labute approximate surface area is 136 Å². The summed E-state index contributed by atoms with van der Waals surface area (Å²) in [4.78, 5) is 0. The van der Waals surface area contributed by atoms with Crippen molar-refractivity contribution in [2.45, 2.75) is 13.0 Å². The SMILES string of the molecule is CC(Nc1ccc(Cl)c(Br)c1)c1ccc(Cl)c(Cl)c1. The van der Waals surface area contributed by atoms with Crippen LogP contribution in [0.5, 0.6) is 0 Å². The van der Waals surface area contributed by atoms with Crippen LogP contribution in [0.25, 0.3) is 0 Å². The Morgan fingerprint density at radius 2 is 1.63 bits per heavy atom. The van der Waals surface area contributed by atoms with E-state index in [4.69, 9.17) is 34.8 Å². The lowest BCUT2D eigenvalue weighted by atomic mass is 10.1. The summed E-state index contributed by atoms with van der Waals surface area (Å²) in [6.07, 6.45) is 0. The van der Waals surface area contributed by atoms with Gasteiger partial charge in [0, 0.05) is 16.2 Å². The molecule has 5 heteroatoms. The molecule has 0 saturated heterocycles. The molecular formula is C14H11BrCl3N. The Hall–Kier alpha value is -0.410. The van der Waals surface area contributed by atoms with Gasteiger partial charge in [-0.25, -0.2) is 0 Å². The Kier molecular flexibility index (Phi) is 5.02. The first-order chi connectivity index (χ1) is 8.97. The molecule has 0 saturated carbocycles. The fourth-order valence-electron chi connectivity index (χ4n) is 1.70. The van der Waals surface area contributed by atoms with Crippen LogP contribution in [0, 0.1) is 0 Å². The Balaban J connectivity index is 2.17. The Morgan fingerprint density at radius 1 is 0.947 bits per heavy atom. The van der Waals surface area contributed by atoms with Crippen LogP contribution in [0.4, 0.5) is 5.69 Å². The normalized spacial score (nSPS) is 12.3. The molecule has 1 atom stereocenters. The van der Waals surface area contributed by atoms with Crippen LogP contribution in [0.2, 0.25) is 15.1 Å². The van der Waals surface area contributed by atoms with E-state index in [1.807, 2.05) is 30.3 Å². The lowest BCUT2D eigenvalue weighted by Crippen LogP contribution is -2.06. The Morgan fingerprint density at radius 3 is 2.26 bits per heavy atom. The highest BCUT2D eigenvalue weighted by atomic mass is 79.9. The van der Waals surface area contributed by atoms with Crippen LogP contribution in [0.3, 0.4) is 0 Å². The summed E-state index contributed by atoms with van der Waals surface area (Å²) in [7, 11) is 0. The van der Waals surface area contributed by atoms with Crippen molar-refractivity contribution in [1.82, 2.24) is 0 Å². The lowest BCUT2D eigenvalue weighted by Gasteiger charge is -2.16. The molecule has 0 heterocycles. The molecular weight excluding hydrogens is 368 g/mol. The van der Waals surface area contributed by atoms with Crippen molar-refractivity contribution < 1.29 is 0 Å². The molecule has 0 radical (unpaired) electrons. The molecule has 1 unspecified atom stereocenters.